The van der Waals surface area contributed by atoms with Crippen molar-refractivity contribution in [3.8, 4) is 11.1 Å². The monoisotopic (exact) mass is 659 g/mol. The fraction of sp³-hybridized carbons (Fsp3) is 0.219. The normalized spacial score (nSPS) is 14.4. The van der Waals surface area contributed by atoms with Crippen molar-refractivity contribution in [3.05, 3.63) is 107 Å². The number of benzene rings is 4. The average Bonchev–Trinajstić information content (AvgIpc) is 3.01. The highest BCUT2D eigenvalue weighted by molar-refractivity contribution is 7.98. The summed E-state index contributed by atoms with van der Waals surface area (Å²) in [6, 6.07) is 26.7. The number of nitrogens with zero attached hydrogens (tertiary/aromatic N) is 1. The lowest BCUT2D eigenvalue weighted by Gasteiger charge is -2.34. The zero-order valence-corrected chi connectivity index (χ0v) is 25.7. The maximum absolute atomic E-state index is 13.0. The molecule has 0 radical (unpaired) electrons. The highest BCUT2D eigenvalue weighted by atomic mass is 35.5. The van der Waals surface area contributed by atoms with E-state index in [4.69, 9.17) is 17.3 Å². The molecule has 4 aromatic carbocycles. The van der Waals surface area contributed by atoms with Crippen LogP contribution in [0.3, 0.4) is 0 Å². The van der Waals surface area contributed by atoms with Gasteiger partial charge in [0, 0.05) is 34.3 Å². The Hall–Kier alpha value is -3.67. The van der Waals surface area contributed by atoms with Crippen LogP contribution in [-0.2, 0) is 16.3 Å². The molecular formula is C32H29ClF3N3O3S2. The van der Waals surface area contributed by atoms with E-state index in [0.717, 1.165) is 55.7 Å². The number of alkyl halides is 3. The minimum absolute atomic E-state index is 0.0886. The van der Waals surface area contributed by atoms with Gasteiger partial charge in [-0.1, -0.05) is 48.0 Å². The Kier molecular flexibility index (Phi) is 9.48. The van der Waals surface area contributed by atoms with Gasteiger partial charge in [-0.05, 0) is 108 Å². The second-order valence-corrected chi connectivity index (χ2v) is 13.8. The van der Waals surface area contributed by atoms with E-state index in [0.29, 0.717) is 28.5 Å². The van der Waals surface area contributed by atoms with Crippen LogP contribution < -0.4 is 15.4 Å². The Morgan fingerprint density at radius 2 is 1.61 bits per heavy atom. The number of nitrogen functional groups attached to an aromatic ring is 1. The molecule has 4 aromatic rings. The molecule has 1 aliphatic heterocycles. The number of amides is 1. The molecule has 1 aliphatic rings. The van der Waals surface area contributed by atoms with Crippen LogP contribution in [0.4, 0.5) is 24.5 Å². The van der Waals surface area contributed by atoms with Gasteiger partial charge in [-0.3, -0.25) is 9.52 Å². The van der Waals surface area contributed by atoms with Gasteiger partial charge in [-0.25, -0.2) is 8.42 Å². The zero-order valence-electron chi connectivity index (χ0n) is 23.4. The first-order chi connectivity index (χ1) is 20.9. The lowest BCUT2D eigenvalue weighted by Crippen LogP contribution is -2.34. The number of nitrogens with two attached hydrogens (primary N) is 1. The van der Waals surface area contributed by atoms with Crippen molar-refractivity contribution in [1.29, 1.82) is 0 Å². The molecule has 1 saturated heterocycles. The summed E-state index contributed by atoms with van der Waals surface area (Å²) >= 11 is 6.78. The summed E-state index contributed by atoms with van der Waals surface area (Å²) in [5.41, 5.74) is 4.51. The molecule has 0 unspecified atom stereocenters. The van der Waals surface area contributed by atoms with Crippen LogP contribution in [0.5, 0.6) is 0 Å². The quantitative estimate of drug-likeness (QED) is 0.148. The number of halogens is 4. The smallest absolute Gasteiger partial charge is 0.398 e. The van der Waals surface area contributed by atoms with Gasteiger partial charge in [0.1, 0.15) is 4.90 Å². The molecule has 12 heteroatoms. The average molecular weight is 660 g/mol. The summed E-state index contributed by atoms with van der Waals surface area (Å²) < 4.78 is 65.2. The molecule has 0 aliphatic carbocycles. The van der Waals surface area contributed by atoms with E-state index in [9.17, 15) is 26.4 Å². The van der Waals surface area contributed by atoms with E-state index < -0.39 is 31.8 Å². The summed E-state index contributed by atoms with van der Waals surface area (Å²) in [4.78, 5) is 14.0. The van der Waals surface area contributed by atoms with Crippen molar-refractivity contribution in [2.45, 2.75) is 34.6 Å². The molecule has 0 spiro atoms. The third-order valence-corrected chi connectivity index (χ3v) is 10.2. The van der Waals surface area contributed by atoms with E-state index >= 15 is 0 Å². The van der Waals surface area contributed by atoms with Crippen LogP contribution in [-0.4, -0.2) is 32.9 Å². The maximum Gasteiger partial charge on any atom is 0.501 e. The summed E-state index contributed by atoms with van der Waals surface area (Å²) in [7, 11) is -5.63. The fourth-order valence-corrected chi connectivity index (χ4v) is 6.99. The number of piperidine rings is 1. The number of anilines is 2. The Labute approximate surface area is 263 Å². The second kappa shape index (κ2) is 13.1. The Morgan fingerprint density at radius 1 is 0.955 bits per heavy atom. The van der Waals surface area contributed by atoms with E-state index in [1.54, 1.807) is 12.1 Å². The zero-order chi connectivity index (χ0) is 31.5. The molecule has 44 heavy (non-hydrogen) atoms. The van der Waals surface area contributed by atoms with Crippen LogP contribution in [0.1, 0.15) is 28.8 Å². The van der Waals surface area contributed by atoms with Gasteiger partial charge in [0.25, 0.3) is 15.7 Å². The Bertz CT molecular complexity index is 1740. The van der Waals surface area contributed by atoms with Gasteiger partial charge in [-0.15, -0.1) is 0 Å². The summed E-state index contributed by atoms with van der Waals surface area (Å²) in [6.07, 6.45) is 3.05. The first kappa shape index (κ1) is 31.7. The molecule has 0 bridgehead atoms. The van der Waals surface area contributed by atoms with Gasteiger partial charge < -0.3 is 10.6 Å². The first-order valence-electron chi connectivity index (χ1n) is 13.8. The van der Waals surface area contributed by atoms with Gasteiger partial charge in [0.2, 0.25) is 0 Å². The van der Waals surface area contributed by atoms with E-state index in [2.05, 4.69) is 33.9 Å². The molecule has 230 valence electrons. The highest BCUT2D eigenvalue weighted by Crippen LogP contribution is 2.35. The third kappa shape index (κ3) is 7.17. The predicted octanol–water partition coefficient (Wildman–Crippen LogP) is 7.78. The van der Waals surface area contributed by atoms with Gasteiger partial charge >= 0.3 is 5.51 Å². The van der Waals surface area contributed by atoms with E-state index in [1.165, 1.54) is 17.2 Å². The molecule has 1 amide bonds. The number of carbonyl (C=O) groups excluding carboxylic acids is 1. The molecule has 0 saturated carbocycles. The van der Waals surface area contributed by atoms with Crippen molar-refractivity contribution >= 4 is 50.7 Å². The number of sulfone groups is 1. The van der Waals surface area contributed by atoms with Gasteiger partial charge in [0.05, 0.1) is 5.69 Å². The van der Waals surface area contributed by atoms with Gasteiger partial charge in [-0.2, -0.15) is 13.2 Å². The molecule has 3 N–H and O–H groups in total. The topological polar surface area (TPSA) is 92.5 Å². The Balaban J connectivity index is 1.16. The van der Waals surface area contributed by atoms with Crippen LogP contribution in [0.25, 0.3) is 11.1 Å². The van der Waals surface area contributed by atoms with Crippen LogP contribution in [0.2, 0.25) is 5.02 Å². The summed E-state index contributed by atoms with van der Waals surface area (Å²) in [6.45, 7) is 1.77. The summed E-state index contributed by atoms with van der Waals surface area (Å²) in [5.74, 6) is 0.0680. The van der Waals surface area contributed by atoms with Gasteiger partial charge in [0.15, 0.2) is 0 Å². The van der Waals surface area contributed by atoms with Crippen LogP contribution in [0, 0.1) is 5.92 Å². The number of hydrogen-bond acceptors (Lipinski definition) is 6. The molecule has 1 fully saturated rings. The van der Waals surface area contributed by atoms with E-state index in [1.807, 2.05) is 36.4 Å². The SMILES string of the molecule is Nc1ccc(SNC(=O)c2ccc(N3CCC(Cc4ccccc4-c4ccc(Cl)cc4)CC3)cc2)cc1S(=O)(=O)C(F)(F)F. The molecule has 6 nitrogen and oxygen atoms in total. The Morgan fingerprint density at radius 3 is 2.27 bits per heavy atom. The molecule has 1 heterocycles. The minimum atomic E-state index is -5.63. The second-order valence-electron chi connectivity index (χ2n) is 10.5. The lowest BCUT2D eigenvalue weighted by molar-refractivity contribution is -0.0435. The fourth-order valence-electron chi connectivity index (χ4n) is 5.24. The van der Waals surface area contributed by atoms with Crippen molar-refractivity contribution < 1.29 is 26.4 Å². The third-order valence-electron chi connectivity index (χ3n) is 7.63. The maximum atomic E-state index is 13.0. The van der Waals surface area contributed by atoms with Crippen molar-refractivity contribution in [2.24, 2.45) is 5.92 Å². The van der Waals surface area contributed by atoms with Crippen molar-refractivity contribution in [2.75, 3.05) is 23.7 Å². The molecular weight excluding hydrogens is 631 g/mol. The number of nitrogens with one attached hydrogen (secondary N) is 1. The molecule has 0 atom stereocenters. The van der Waals surface area contributed by atoms with Crippen molar-refractivity contribution in [3.63, 3.8) is 0 Å². The van der Waals surface area contributed by atoms with Crippen molar-refractivity contribution in [1.82, 2.24) is 4.72 Å². The lowest BCUT2D eigenvalue weighted by atomic mass is 9.87. The molecule has 5 rings (SSSR count). The standard InChI is InChI=1S/C32H29ClF3N3O3S2/c33-25-9-5-22(6-10-25)28-4-2-1-3-24(28)19-21-15-17-39(18-16-21)26-11-7-23(8-12-26)31(40)38-43-27-13-14-29(37)30(20-27)44(41,42)32(34,35)36/h1-14,20-21H,15-19,37H2,(H,38,40). The largest absolute Gasteiger partial charge is 0.501 e. The predicted molar refractivity (Wildman–Crippen MR) is 169 cm³/mol. The highest BCUT2D eigenvalue weighted by Gasteiger charge is 2.48. The number of hydrogen-bond donors (Lipinski definition) is 2. The molecule has 0 aromatic heterocycles. The van der Waals surface area contributed by atoms with Crippen LogP contribution >= 0.6 is 23.5 Å². The summed E-state index contributed by atoms with van der Waals surface area (Å²) in [5, 5.41) is 0.713. The number of rotatable bonds is 8. The van der Waals surface area contributed by atoms with Crippen LogP contribution in [0.15, 0.2) is 101 Å². The first-order valence-corrected chi connectivity index (χ1v) is 16.5. The van der Waals surface area contributed by atoms with E-state index in [-0.39, 0.29) is 4.90 Å². The minimum Gasteiger partial charge on any atom is -0.398 e. The number of carbonyl (C=O) groups is 1.